The molecule has 2 heterocycles. The molecule has 1 fully saturated rings. The Morgan fingerprint density at radius 1 is 1.39 bits per heavy atom. The first-order valence-electron chi connectivity index (χ1n) is 5.75. The van der Waals surface area contributed by atoms with Crippen LogP contribution >= 0.6 is 15.9 Å². The Hall–Kier alpha value is -1.43. The highest BCUT2D eigenvalue weighted by Gasteiger charge is 2.32. The van der Waals surface area contributed by atoms with Crippen LogP contribution in [0.2, 0.25) is 0 Å². The third-order valence-electron chi connectivity index (χ3n) is 3.02. The number of carboxylic acid groups (broad SMARTS) is 1. The normalized spacial score (nSPS) is 19.6. The van der Waals surface area contributed by atoms with Crippen LogP contribution in [0.25, 0.3) is 0 Å². The van der Waals surface area contributed by atoms with E-state index >= 15 is 0 Å². The summed E-state index contributed by atoms with van der Waals surface area (Å²) in [5.41, 5.74) is 0.423. The van der Waals surface area contributed by atoms with Gasteiger partial charge in [0.25, 0.3) is 5.91 Å². The van der Waals surface area contributed by atoms with Gasteiger partial charge >= 0.3 is 5.97 Å². The van der Waals surface area contributed by atoms with Crippen molar-refractivity contribution in [2.24, 2.45) is 0 Å². The Bertz CT molecular complexity index is 461. The molecule has 2 rings (SSSR count). The molecule has 96 valence electrons. The number of carboxylic acids is 1. The number of rotatable bonds is 2. The molecule has 18 heavy (non-hydrogen) atoms. The molecular weight excluding hydrogens is 300 g/mol. The highest BCUT2D eigenvalue weighted by molar-refractivity contribution is 9.10. The van der Waals surface area contributed by atoms with Crippen LogP contribution in [0.1, 0.15) is 29.6 Å². The van der Waals surface area contributed by atoms with Gasteiger partial charge in [-0.2, -0.15) is 0 Å². The van der Waals surface area contributed by atoms with Gasteiger partial charge in [0.15, 0.2) is 0 Å². The number of likely N-dealkylation sites (tertiary alicyclic amines) is 1. The van der Waals surface area contributed by atoms with Crippen molar-refractivity contribution in [2.75, 3.05) is 6.54 Å². The zero-order valence-corrected chi connectivity index (χ0v) is 11.3. The molecule has 1 aromatic rings. The Morgan fingerprint density at radius 3 is 2.78 bits per heavy atom. The Labute approximate surface area is 113 Å². The predicted molar refractivity (Wildman–Crippen MR) is 68.2 cm³/mol. The average molecular weight is 313 g/mol. The van der Waals surface area contributed by atoms with E-state index in [1.165, 1.54) is 11.1 Å². The van der Waals surface area contributed by atoms with E-state index in [0.29, 0.717) is 23.1 Å². The highest BCUT2D eigenvalue weighted by Crippen LogP contribution is 2.20. The summed E-state index contributed by atoms with van der Waals surface area (Å²) in [6.45, 7) is 0.492. The first kappa shape index (κ1) is 13.0. The van der Waals surface area contributed by atoms with Crippen LogP contribution in [0.4, 0.5) is 0 Å². The SMILES string of the molecule is O=C(O)[C@@H]1CCCCN1C(=O)c1ccc(Br)nc1. The molecule has 6 heteroatoms. The molecule has 1 aromatic heterocycles. The fourth-order valence-electron chi connectivity index (χ4n) is 2.10. The minimum absolute atomic E-state index is 0.262. The van der Waals surface area contributed by atoms with Crippen LogP contribution in [0, 0.1) is 0 Å². The van der Waals surface area contributed by atoms with Crippen molar-refractivity contribution in [1.82, 2.24) is 9.88 Å². The van der Waals surface area contributed by atoms with Crippen molar-refractivity contribution >= 4 is 27.8 Å². The summed E-state index contributed by atoms with van der Waals surface area (Å²) in [5, 5.41) is 9.13. The van der Waals surface area contributed by atoms with Gasteiger partial charge in [-0.3, -0.25) is 4.79 Å². The molecule has 1 N–H and O–H groups in total. The largest absolute Gasteiger partial charge is 0.480 e. The van der Waals surface area contributed by atoms with Gasteiger partial charge < -0.3 is 10.0 Å². The number of amides is 1. The third kappa shape index (κ3) is 2.69. The number of hydrogen-bond donors (Lipinski definition) is 1. The lowest BCUT2D eigenvalue weighted by Gasteiger charge is -2.32. The standard InChI is InChI=1S/C12H13BrN2O3/c13-10-5-4-8(7-14-10)11(16)15-6-2-1-3-9(15)12(17)18/h4-5,7,9H,1-3,6H2,(H,17,18)/t9-/m0/s1. The molecule has 0 saturated carbocycles. The van der Waals surface area contributed by atoms with E-state index in [2.05, 4.69) is 20.9 Å². The number of nitrogens with zero attached hydrogens (tertiary/aromatic N) is 2. The summed E-state index contributed by atoms with van der Waals surface area (Å²) in [6.07, 6.45) is 3.67. The average Bonchev–Trinajstić information content (AvgIpc) is 2.39. The van der Waals surface area contributed by atoms with Crippen LogP contribution in [0.15, 0.2) is 22.9 Å². The Kier molecular flexibility index (Phi) is 3.96. The molecule has 0 bridgehead atoms. The summed E-state index contributed by atoms with van der Waals surface area (Å²) in [5.74, 6) is -1.20. The molecule has 0 unspecified atom stereocenters. The Morgan fingerprint density at radius 2 is 2.17 bits per heavy atom. The Balaban J connectivity index is 2.20. The van der Waals surface area contributed by atoms with E-state index in [0.717, 1.165) is 12.8 Å². The van der Waals surface area contributed by atoms with Gasteiger partial charge in [0.05, 0.1) is 5.56 Å². The second-order valence-electron chi connectivity index (χ2n) is 4.22. The van der Waals surface area contributed by atoms with E-state index in [-0.39, 0.29) is 5.91 Å². The number of carbonyl (C=O) groups is 2. The quantitative estimate of drug-likeness (QED) is 0.847. The van der Waals surface area contributed by atoms with E-state index in [1.54, 1.807) is 12.1 Å². The molecule has 1 amide bonds. The van der Waals surface area contributed by atoms with Crippen molar-refractivity contribution in [1.29, 1.82) is 0 Å². The number of halogens is 1. The molecule has 0 aliphatic carbocycles. The van der Waals surface area contributed by atoms with E-state index in [9.17, 15) is 9.59 Å². The summed E-state index contributed by atoms with van der Waals surface area (Å²) in [4.78, 5) is 28.8. The molecule has 0 spiro atoms. The second-order valence-corrected chi connectivity index (χ2v) is 5.03. The fourth-order valence-corrected chi connectivity index (χ4v) is 2.33. The molecule has 1 atom stereocenters. The molecule has 1 saturated heterocycles. The van der Waals surface area contributed by atoms with Gasteiger partial charge in [0.2, 0.25) is 0 Å². The molecule has 5 nitrogen and oxygen atoms in total. The van der Waals surface area contributed by atoms with Crippen molar-refractivity contribution in [3.8, 4) is 0 Å². The van der Waals surface area contributed by atoms with Gasteiger partial charge in [-0.25, -0.2) is 9.78 Å². The highest BCUT2D eigenvalue weighted by atomic mass is 79.9. The number of piperidine rings is 1. The lowest BCUT2D eigenvalue weighted by molar-refractivity contribution is -0.143. The fraction of sp³-hybridized carbons (Fsp3) is 0.417. The first-order chi connectivity index (χ1) is 8.59. The lowest BCUT2D eigenvalue weighted by Crippen LogP contribution is -2.48. The molecule has 1 aliphatic rings. The van der Waals surface area contributed by atoms with Crippen LogP contribution in [-0.4, -0.2) is 39.5 Å². The summed E-state index contributed by atoms with van der Waals surface area (Å²) >= 11 is 3.20. The molecule has 0 aromatic carbocycles. The van der Waals surface area contributed by atoms with E-state index in [4.69, 9.17) is 5.11 Å². The minimum Gasteiger partial charge on any atom is -0.480 e. The maximum absolute atomic E-state index is 12.2. The van der Waals surface area contributed by atoms with Crippen LogP contribution in [-0.2, 0) is 4.79 Å². The maximum Gasteiger partial charge on any atom is 0.326 e. The van der Waals surface area contributed by atoms with Crippen LogP contribution in [0.5, 0.6) is 0 Å². The van der Waals surface area contributed by atoms with Crippen molar-refractivity contribution < 1.29 is 14.7 Å². The topological polar surface area (TPSA) is 70.5 Å². The predicted octanol–water partition coefficient (Wildman–Crippen LogP) is 1.92. The zero-order chi connectivity index (χ0) is 13.1. The zero-order valence-electron chi connectivity index (χ0n) is 9.67. The van der Waals surface area contributed by atoms with E-state index in [1.807, 2.05) is 0 Å². The van der Waals surface area contributed by atoms with E-state index < -0.39 is 12.0 Å². The van der Waals surface area contributed by atoms with Gasteiger partial charge in [0.1, 0.15) is 10.6 Å². The monoisotopic (exact) mass is 312 g/mol. The van der Waals surface area contributed by atoms with Crippen molar-refractivity contribution in [3.05, 3.63) is 28.5 Å². The summed E-state index contributed by atoms with van der Waals surface area (Å²) in [6, 6.07) is 2.61. The third-order valence-corrected chi connectivity index (χ3v) is 3.49. The summed E-state index contributed by atoms with van der Waals surface area (Å²) in [7, 11) is 0. The van der Waals surface area contributed by atoms with Gasteiger partial charge in [-0.15, -0.1) is 0 Å². The van der Waals surface area contributed by atoms with Gasteiger partial charge in [-0.1, -0.05) is 0 Å². The van der Waals surface area contributed by atoms with Crippen LogP contribution < -0.4 is 0 Å². The smallest absolute Gasteiger partial charge is 0.326 e. The number of carbonyl (C=O) groups excluding carboxylic acids is 1. The summed E-state index contributed by atoms with van der Waals surface area (Å²) < 4.78 is 0.646. The van der Waals surface area contributed by atoms with Gasteiger partial charge in [0, 0.05) is 12.7 Å². The number of hydrogen-bond acceptors (Lipinski definition) is 3. The minimum atomic E-state index is -0.937. The van der Waals surface area contributed by atoms with Crippen molar-refractivity contribution in [3.63, 3.8) is 0 Å². The first-order valence-corrected chi connectivity index (χ1v) is 6.54. The number of pyridine rings is 1. The maximum atomic E-state index is 12.2. The van der Waals surface area contributed by atoms with Crippen molar-refractivity contribution in [2.45, 2.75) is 25.3 Å². The number of aliphatic carboxylic acids is 1. The molecular formula is C12H13BrN2O3. The number of aromatic nitrogens is 1. The second kappa shape index (κ2) is 5.48. The lowest BCUT2D eigenvalue weighted by atomic mass is 10.0. The van der Waals surface area contributed by atoms with Gasteiger partial charge in [-0.05, 0) is 47.3 Å². The molecule has 1 aliphatic heterocycles. The molecule has 0 radical (unpaired) electrons. The van der Waals surface area contributed by atoms with Crippen LogP contribution in [0.3, 0.4) is 0 Å².